The molecule has 0 spiro atoms. The SMILES string of the molecule is CCCNCC(CCC)N1CCCOC(C)C1. The van der Waals surface area contributed by atoms with Gasteiger partial charge in [0, 0.05) is 32.3 Å². The quantitative estimate of drug-likeness (QED) is 0.693. The van der Waals surface area contributed by atoms with Crippen molar-refractivity contribution in [1.82, 2.24) is 10.2 Å². The fourth-order valence-corrected chi connectivity index (χ4v) is 2.55. The largest absolute Gasteiger partial charge is 0.377 e. The molecule has 0 saturated carbocycles. The molecule has 0 amide bonds. The van der Waals surface area contributed by atoms with Crippen LogP contribution in [0.4, 0.5) is 0 Å². The maximum absolute atomic E-state index is 5.72. The van der Waals surface area contributed by atoms with Crippen LogP contribution in [0.1, 0.15) is 46.5 Å². The average molecular weight is 242 g/mol. The standard InChI is InChI=1S/C14H30N2O/c1-4-7-14(11-15-8-5-2)16-9-6-10-17-13(3)12-16/h13-15H,4-12H2,1-3H3. The molecule has 1 fully saturated rings. The lowest BCUT2D eigenvalue weighted by Gasteiger charge is -2.31. The van der Waals surface area contributed by atoms with Gasteiger partial charge in [-0.25, -0.2) is 0 Å². The van der Waals surface area contributed by atoms with Crippen LogP contribution in [0.2, 0.25) is 0 Å². The Hall–Kier alpha value is -0.120. The van der Waals surface area contributed by atoms with Crippen molar-refractivity contribution in [2.45, 2.75) is 58.6 Å². The molecule has 0 bridgehead atoms. The summed E-state index contributed by atoms with van der Waals surface area (Å²) in [7, 11) is 0. The van der Waals surface area contributed by atoms with E-state index in [0.29, 0.717) is 12.1 Å². The molecule has 1 N–H and O–H groups in total. The fourth-order valence-electron chi connectivity index (χ4n) is 2.55. The molecule has 102 valence electrons. The Bertz CT molecular complexity index is 187. The summed E-state index contributed by atoms with van der Waals surface area (Å²) in [6.45, 7) is 12.2. The first-order chi connectivity index (χ1) is 8.27. The smallest absolute Gasteiger partial charge is 0.0674 e. The molecule has 1 heterocycles. The van der Waals surface area contributed by atoms with Crippen molar-refractivity contribution in [3.63, 3.8) is 0 Å². The van der Waals surface area contributed by atoms with Crippen LogP contribution in [0.5, 0.6) is 0 Å². The monoisotopic (exact) mass is 242 g/mol. The van der Waals surface area contributed by atoms with Gasteiger partial charge in [0.25, 0.3) is 0 Å². The Labute approximate surface area is 107 Å². The number of hydrogen-bond acceptors (Lipinski definition) is 3. The van der Waals surface area contributed by atoms with Crippen LogP contribution in [-0.2, 0) is 4.74 Å². The van der Waals surface area contributed by atoms with Gasteiger partial charge in [-0.1, -0.05) is 20.3 Å². The predicted molar refractivity (Wildman–Crippen MR) is 73.5 cm³/mol. The third-order valence-electron chi connectivity index (χ3n) is 3.43. The van der Waals surface area contributed by atoms with E-state index in [0.717, 1.165) is 26.2 Å². The Morgan fingerprint density at radius 3 is 2.88 bits per heavy atom. The van der Waals surface area contributed by atoms with Gasteiger partial charge in [0.05, 0.1) is 6.10 Å². The Morgan fingerprint density at radius 2 is 2.18 bits per heavy atom. The number of nitrogens with one attached hydrogen (secondary N) is 1. The van der Waals surface area contributed by atoms with E-state index in [4.69, 9.17) is 4.74 Å². The number of nitrogens with zero attached hydrogens (tertiary/aromatic N) is 1. The van der Waals surface area contributed by atoms with Crippen molar-refractivity contribution in [1.29, 1.82) is 0 Å². The lowest BCUT2D eigenvalue weighted by atomic mass is 10.1. The summed E-state index contributed by atoms with van der Waals surface area (Å²) in [4.78, 5) is 2.63. The second-order valence-corrected chi connectivity index (χ2v) is 5.18. The molecule has 2 atom stereocenters. The van der Waals surface area contributed by atoms with Crippen LogP contribution in [0.3, 0.4) is 0 Å². The Kier molecular flexibility index (Phi) is 7.82. The van der Waals surface area contributed by atoms with E-state index in [2.05, 4.69) is 31.0 Å². The van der Waals surface area contributed by atoms with Gasteiger partial charge in [-0.05, 0) is 32.7 Å². The maximum atomic E-state index is 5.72. The molecule has 17 heavy (non-hydrogen) atoms. The summed E-state index contributed by atoms with van der Waals surface area (Å²) in [5.74, 6) is 0. The summed E-state index contributed by atoms with van der Waals surface area (Å²) in [6.07, 6.45) is 5.35. The Morgan fingerprint density at radius 1 is 1.35 bits per heavy atom. The van der Waals surface area contributed by atoms with E-state index < -0.39 is 0 Å². The summed E-state index contributed by atoms with van der Waals surface area (Å²) in [5, 5.41) is 3.57. The number of rotatable bonds is 7. The summed E-state index contributed by atoms with van der Waals surface area (Å²) >= 11 is 0. The first-order valence-corrected chi connectivity index (χ1v) is 7.34. The van der Waals surface area contributed by atoms with E-state index in [9.17, 15) is 0 Å². The van der Waals surface area contributed by atoms with Crippen LogP contribution < -0.4 is 5.32 Å². The molecule has 1 aliphatic heterocycles. The zero-order valence-corrected chi connectivity index (χ0v) is 11.9. The topological polar surface area (TPSA) is 24.5 Å². The molecule has 2 unspecified atom stereocenters. The normalized spacial score (nSPS) is 24.5. The van der Waals surface area contributed by atoms with Gasteiger partial charge in [0.2, 0.25) is 0 Å². The van der Waals surface area contributed by atoms with E-state index in [1.807, 2.05) is 0 Å². The molecule has 0 aromatic heterocycles. The van der Waals surface area contributed by atoms with E-state index in [-0.39, 0.29) is 0 Å². The van der Waals surface area contributed by atoms with Gasteiger partial charge in [0.15, 0.2) is 0 Å². The molecule has 3 heteroatoms. The summed E-state index contributed by atoms with van der Waals surface area (Å²) in [5.41, 5.74) is 0. The fraction of sp³-hybridized carbons (Fsp3) is 1.00. The van der Waals surface area contributed by atoms with Gasteiger partial charge in [-0.2, -0.15) is 0 Å². The molecule has 0 aliphatic carbocycles. The molecule has 1 rings (SSSR count). The Balaban J connectivity index is 2.42. The van der Waals surface area contributed by atoms with Gasteiger partial charge in [0.1, 0.15) is 0 Å². The highest BCUT2D eigenvalue weighted by Gasteiger charge is 2.21. The average Bonchev–Trinajstić information content (AvgIpc) is 2.53. The molecule has 3 nitrogen and oxygen atoms in total. The van der Waals surface area contributed by atoms with Gasteiger partial charge in [-0.15, -0.1) is 0 Å². The minimum atomic E-state index is 0.392. The van der Waals surface area contributed by atoms with Gasteiger partial charge >= 0.3 is 0 Å². The van der Waals surface area contributed by atoms with Crippen LogP contribution in [-0.4, -0.2) is 49.8 Å². The molecule has 1 saturated heterocycles. The van der Waals surface area contributed by atoms with Crippen LogP contribution >= 0.6 is 0 Å². The minimum absolute atomic E-state index is 0.392. The molecule has 0 aromatic rings. The lowest BCUT2D eigenvalue weighted by molar-refractivity contribution is 0.0595. The summed E-state index contributed by atoms with van der Waals surface area (Å²) < 4.78 is 5.72. The van der Waals surface area contributed by atoms with Crippen molar-refractivity contribution in [3.05, 3.63) is 0 Å². The number of ether oxygens (including phenoxy) is 1. The summed E-state index contributed by atoms with van der Waals surface area (Å²) in [6, 6.07) is 0.690. The van der Waals surface area contributed by atoms with Gasteiger partial charge < -0.3 is 10.1 Å². The third kappa shape index (κ3) is 5.84. The highest BCUT2D eigenvalue weighted by Crippen LogP contribution is 2.12. The molecular formula is C14H30N2O. The van der Waals surface area contributed by atoms with Gasteiger partial charge in [-0.3, -0.25) is 4.90 Å². The van der Waals surface area contributed by atoms with Crippen LogP contribution in [0, 0.1) is 0 Å². The van der Waals surface area contributed by atoms with E-state index >= 15 is 0 Å². The van der Waals surface area contributed by atoms with E-state index in [1.54, 1.807) is 0 Å². The van der Waals surface area contributed by atoms with Crippen LogP contribution in [0.25, 0.3) is 0 Å². The van der Waals surface area contributed by atoms with Crippen molar-refractivity contribution >= 4 is 0 Å². The first-order valence-electron chi connectivity index (χ1n) is 7.34. The maximum Gasteiger partial charge on any atom is 0.0674 e. The zero-order valence-electron chi connectivity index (χ0n) is 11.9. The predicted octanol–water partition coefficient (Wildman–Crippen LogP) is 2.27. The van der Waals surface area contributed by atoms with Crippen molar-refractivity contribution in [2.24, 2.45) is 0 Å². The lowest BCUT2D eigenvalue weighted by Crippen LogP contribution is -2.45. The molecular weight excluding hydrogens is 212 g/mol. The number of hydrogen-bond donors (Lipinski definition) is 1. The second kappa shape index (κ2) is 8.90. The first kappa shape index (κ1) is 14.9. The molecule has 0 aromatic carbocycles. The highest BCUT2D eigenvalue weighted by molar-refractivity contribution is 4.77. The highest BCUT2D eigenvalue weighted by atomic mass is 16.5. The van der Waals surface area contributed by atoms with E-state index in [1.165, 1.54) is 32.2 Å². The minimum Gasteiger partial charge on any atom is -0.377 e. The van der Waals surface area contributed by atoms with Crippen LogP contribution in [0.15, 0.2) is 0 Å². The second-order valence-electron chi connectivity index (χ2n) is 5.18. The molecule has 1 aliphatic rings. The third-order valence-corrected chi connectivity index (χ3v) is 3.43. The molecule has 0 radical (unpaired) electrons. The van der Waals surface area contributed by atoms with Crippen molar-refractivity contribution in [3.8, 4) is 0 Å². The van der Waals surface area contributed by atoms with Crippen molar-refractivity contribution < 1.29 is 4.74 Å². The zero-order chi connectivity index (χ0) is 12.5. The van der Waals surface area contributed by atoms with Crippen molar-refractivity contribution in [2.75, 3.05) is 32.8 Å².